The Morgan fingerprint density at radius 3 is 2.06 bits per heavy atom. The van der Waals surface area contributed by atoms with Gasteiger partial charge in [-0.25, -0.2) is 0 Å². The summed E-state index contributed by atoms with van der Waals surface area (Å²) in [6, 6.07) is 7.29. The third-order valence-corrected chi connectivity index (χ3v) is 2.44. The highest BCUT2D eigenvalue weighted by Crippen LogP contribution is 2.26. The van der Waals surface area contributed by atoms with Crippen molar-refractivity contribution in [2.75, 3.05) is 0 Å². The molecule has 1 aromatic heterocycles. The van der Waals surface area contributed by atoms with Crippen LogP contribution >= 0.6 is 23.2 Å². The smallest absolute Gasteiger partial charge is 0.250 e. The van der Waals surface area contributed by atoms with Crippen LogP contribution in [-0.4, -0.2) is 4.98 Å². The molecule has 82 valence electrons. The molecule has 0 aliphatic rings. The molecule has 0 radical (unpaired) electrons. The first-order valence-electron chi connectivity index (χ1n) is 4.41. The Labute approximate surface area is 101 Å². The van der Waals surface area contributed by atoms with Gasteiger partial charge in [-0.05, 0) is 35.4 Å². The molecule has 16 heavy (non-hydrogen) atoms. The van der Waals surface area contributed by atoms with Crippen LogP contribution in [0.3, 0.4) is 0 Å². The molecule has 2 rings (SSSR count). The quantitative estimate of drug-likeness (QED) is 0.780. The predicted octanol–water partition coefficient (Wildman–Crippen LogP) is 3.49. The number of hydrogen-bond acceptors (Lipinski definition) is 1. The van der Waals surface area contributed by atoms with Gasteiger partial charge in [0.2, 0.25) is 0 Å². The molecule has 0 saturated heterocycles. The van der Waals surface area contributed by atoms with E-state index in [0.29, 0.717) is 21.2 Å². The van der Waals surface area contributed by atoms with E-state index in [1.165, 1.54) is 12.1 Å². The minimum absolute atomic E-state index is 0.434. The summed E-state index contributed by atoms with van der Waals surface area (Å²) >= 11 is 11.6. The molecule has 0 aliphatic heterocycles. The highest BCUT2D eigenvalue weighted by Gasteiger charge is 2.04. The first-order chi connectivity index (χ1) is 7.54. The number of H-pyrrole nitrogens is 1. The summed E-state index contributed by atoms with van der Waals surface area (Å²) in [6.07, 6.45) is 0. The molecule has 0 saturated carbocycles. The van der Waals surface area contributed by atoms with Crippen LogP contribution in [0.1, 0.15) is 0 Å². The molecule has 1 aromatic carbocycles. The van der Waals surface area contributed by atoms with Crippen molar-refractivity contribution in [2.24, 2.45) is 0 Å². The normalized spacial score (nSPS) is 10.4. The summed E-state index contributed by atoms with van der Waals surface area (Å²) in [5.41, 5.74) is 0.527. The van der Waals surface area contributed by atoms with Crippen LogP contribution in [0.2, 0.25) is 10.0 Å². The number of aromatic nitrogens is 1. The number of benzene rings is 1. The maximum atomic E-state index is 13.0. The Morgan fingerprint density at radius 1 is 0.938 bits per heavy atom. The van der Waals surface area contributed by atoms with Crippen molar-refractivity contribution in [3.63, 3.8) is 0 Å². The van der Waals surface area contributed by atoms with Crippen molar-refractivity contribution in [3.8, 4) is 11.1 Å². The maximum absolute atomic E-state index is 13.0. The molecule has 2 aromatic rings. The molecule has 1 heterocycles. The van der Waals surface area contributed by atoms with Gasteiger partial charge in [0.05, 0.1) is 0 Å². The first-order valence-corrected chi connectivity index (χ1v) is 5.16. The minimum Gasteiger partial charge on any atom is -0.299 e. The molecule has 0 amide bonds. The van der Waals surface area contributed by atoms with Crippen molar-refractivity contribution >= 4 is 23.2 Å². The van der Waals surface area contributed by atoms with E-state index in [1.54, 1.807) is 18.2 Å². The fourth-order valence-electron chi connectivity index (χ4n) is 1.40. The Morgan fingerprint density at radius 2 is 1.50 bits per heavy atom. The zero-order valence-corrected chi connectivity index (χ0v) is 9.44. The third-order valence-electron chi connectivity index (χ3n) is 2.01. The molecule has 2 nitrogen and oxygen atoms in total. The van der Waals surface area contributed by atoms with Crippen molar-refractivity contribution in [1.29, 1.82) is 0 Å². The second kappa shape index (κ2) is 4.28. The fourth-order valence-corrected chi connectivity index (χ4v) is 1.92. The number of nitrogens with one attached hydrogen (secondary N) is 1. The molecular formula is C11H6Cl2FNO. The summed E-state index contributed by atoms with van der Waals surface area (Å²) in [6.45, 7) is 0. The lowest BCUT2D eigenvalue weighted by Gasteiger charge is -2.03. The predicted molar refractivity (Wildman–Crippen MR) is 62.5 cm³/mol. The van der Waals surface area contributed by atoms with Crippen molar-refractivity contribution in [1.82, 2.24) is 4.98 Å². The molecule has 5 heteroatoms. The summed E-state index contributed by atoms with van der Waals surface area (Å²) in [4.78, 5) is 13.1. The van der Waals surface area contributed by atoms with Gasteiger partial charge in [0.25, 0.3) is 5.56 Å². The van der Waals surface area contributed by atoms with Gasteiger partial charge in [0.1, 0.15) is 0 Å². The molecular weight excluding hydrogens is 252 g/mol. The highest BCUT2D eigenvalue weighted by atomic mass is 35.5. The Kier molecular flexibility index (Phi) is 2.99. The van der Waals surface area contributed by atoms with E-state index in [2.05, 4.69) is 0 Å². The zero-order valence-electron chi connectivity index (χ0n) is 7.93. The van der Waals surface area contributed by atoms with Crippen LogP contribution in [0.25, 0.3) is 11.1 Å². The van der Waals surface area contributed by atoms with Crippen molar-refractivity contribution in [2.45, 2.75) is 0 Å². The fraction of sp³-hybridized carbons (Fsp3) is 0. The van der Waals surface area contributed by atoms with Crippen LogP contribution in [-0.2, 0) is 0 Å². The van der Waals surface area contributed by atoms with Crippen molar-refractivity contribution in [3.05, 3.63) is 56.7 Å². The van der Waals surface area contributed by atoms with Gasteiger partial charge in [-0.3, -0.25) is 9.78 Å². The zero-order chi connectivity index (χ0) is 11.7. The molecule has 0 fully saturated rings. The lowest BCUT2D eigenvalue weighted by atomic mass is 10.1. The molecule has 0 spiro atoms. The van der Waals surface area contributed by atoms with E-state index in [4.69, 9.17) is 23.2 Å². The van der Waals surface area contributed by atoms with Crippen LogP contribution < -0.4 is 5.56 Å². The van der Waals surface area contributed by atoms with Gasteiger partial charge in [0.15, 0.2) is 5.95 Å². The maximum Gasteiger partial charge on any atom is 0.250 e. The summed E-state index contributed by atoms with van der Waals surface area (Å²) in [7, 11) is 0. The number of hydrogen-bond donors (Lipinski definition) is 1. The number of aromatic amines is 1. The SMILES string of the molecule is O=c1cc(-c2cc(Cl)cc(Cl)c2)cc(F)[nH]1. The average Bonchev–Trinajstić information content (AvgIpc) is 2.14. The Hall–Kier alpha value is -1.32. The van der Waals surface area contributed by atoms with E-state index in [9.17, 15) is 9.18 Å². The summed E-state index contributed by atoms with van der Waals surface area (Å²) in [5.74, 6) is -0.696. The monoisotopic (exact) mass is 257 g/mol. The molecule has 0 atom stereocenters. The molecule has 0 unspecified atom stereocenters. The number of rotatable bonds is 1. The van der Waals surface area contributed by atoms with Crippen LogP contribution in [0.4, 0.5) is 4.39 Å². The van der Waals surface area contributed by atoms with Crippen LogP contribution in [0.5, 0.6) is 0 Å². The van der Waals surface area contributed by atoms with E-state index >= 15 is 0 Å². The third kappa shape index (κ3) is 2.43. The molecule has 1 N–H and O–H groups in total. The number of pyridine rings is 1. The van der Waals surface area contributed by atoms with Gasteiger partial charge in [0, 0.05) is 16.1 Å². The van der Waals surface area contributed by atoms with E-state index in [0.717, 1.165) is 0 Å². The summed E-state index contributed by atoms with van der Waals surface area (Å²) < 4.78 is 13.0. The summed E-state index contributed by atoms with van der Waals surface area (Å²) in [5, 5.41) is 0.867. The van der Waals surface area contributed by atoms with E-state index < -0.39 is 11.5 Å². The lowest BCUT2D eigenvalue weighted by Crippen LogP contribution is -2.06. The Bertz CT molecular complexity index is 575. The van der Waals surface area contributed by atoms with Gasteiger partial charge in [-0.15, -0.1) is 0 Å². The lowest BCUT2D eigenvalue weighted by molar-refractivity contribution is 0.580. The largest absolute Gasteiger partial charge is 0.299 e. The van der Waals surface area contributed by atoms with Crippen LogP contribution in [0, 0.1) is 5.95 Å². The molecule has 0 aliphatic carbocycles. The molecule has 0 bridgehead atoms. The highest BCUT2D eigenvalue weighted by molar-refractivity contribution is 6.35. The van der Waals surface area contributed by atoms with E-state index in [1.807, 2.05) is 4.98 Å². The second-order valence-electron chi connectivity index (χ2n) is 3.24. The second-order valence-corrected chi connectivity index (χ2v) is 4.11. The minimum atomic E-state index is -0.696. The number of halogens is 3. The Balaban J connectivity index is 2.62. The standard InChI is InChI=1S/C11H6Cl2FNO/c12-8-1-6(2-9(13)5-8)7-3-10(14)15-11(16)4-7/h1-5H,(H,15,16). The average molecular weight is 258 g/mol. The van der Waals surface area contributed by atoms with Gasteiger partial charge >= 0.3 is 0 Å². The van der Waals surface area contributed by atoms with Gasteiger partial charge in [-0.1, -0.05) is 23.2 Å². The van der Waals surface area contributed by atoms with Gasteiger partial charge < -0.3 is 0 Å². The van der Waals surface area contributed by atoms with Gasteiger partial charge in [-0.2, -0.15) is 4.39 Å². The first kappa shape index (κ1) is 11.2. The van der Waals surface area contributed by atoms with Crippen molar-refractivity contribution < 1.29 is 4.39 Å². The van der Waals surface area contributed by atoms with E-state index in [-0.39, 0.29) is 0 Å². The topological polar surface area (TPSA) is 32.9 Å². The van der Waals surface area contributed by atoms with Crippen LogP contribution in [0.15, 0.2) is 35.1 Å².